The zero-order valence-corrected chi connectivity index (χ0v) is 13.9. The van der Waals surface area contributed by atoms with E-state index in [0.29, 0.717) is 22.9 Å². The molecule has 26 heavy (non-hydrogen) atoms. The molecule has 4 rings (SSSR count). The Morgan fingerprint density at radius 3 is 2.65 bits per heavy atom. The molecule has 1 atom stereocenters. The van der Waals surface area contributed by atoms with Gasteiger partial charge >= 0.3 is 0 Å². The maximum atomic E-state index is 9.88. The summed E-state index contributed by atoms with van der Waals surface area (Å²) in [4.78, 5) is 4.21. The number of nitrogens with zero attached hydrogens (tertiary/aromatic N) is 2. The number of benzene rings is 2. The van der Waals surface area contributed by atoms with Crippen LogP contribution in [0.2, 0.25) is 0 Å². The summed E-state index contributed by atoms with van der Waals surface area (Å²) in [7, 11) is 0. The Labute approximate surface area is 151 Å². The summed E-state index contributed by atoms with van der Waals surface area (Å²) in [6.45, 7) is 0. The number of hydrogen-bond donors (Lipinski definition) is 2. The predicted molar refractivity (Wildman–Crippen MR) is 100 cm³/mol. The van der Waals surface area contributed by atoms with Crippen molar-refractivity contribution in [1.29, 1.82) is 5.26 Å². The fourth-order valence-corrected chi connectivity index (χ4v) is 3.08. The van der Waals surface area contributed by atoms with E-state index in [9.17, 15) is 5.26 Å². The van der Waals surface area contributed by atoms with Crippen molar-refractivity contribution in [2.24, 2.45) is 0 Å². The molecule has 5 nitrogen and oxygen atoms in total. The van der Waals surface area contributed by atoms with Crippen LogP contribution in [0.4, 0.5) is 11.4 Å². The first kappa shape index (κ1) is 15.7. The number of ether oxygens (including phenoxy) is 1. The molecule has 0 saturated heterocycles. The van der Waals surface area contributed by atoms with Crippen molar-refractivity contribution in [2.45, 2.75) is 5.92 Å². The van der Waals surface area contributed by atoms with Gasteiger partial charge in [-0.2, -0.15) is 5.26 Å². The number of pyridine rings is 1. The normalized spacial score (nSPS) is 15.6. The number of fused-ring (bicyclic) bond motifs is 1. The van der Waals surface area contributed by atoms with Gasteiger partial charge in [-0.3, -0.25) is 4.98 Å². The van der Waals surface area contributed by atoms with Crippen LogP contribution in [0.15, 0.2) is 84.5 Å². The van der Waals surface area contributed by atoms with Gasteiger partial charge in [-0.05, 0) is 29.8 Å². The minimum absolute atomic E-state index is 0.274. The van der Waals surface area contributed by atoms with E-state index >= 15 is 0 Å². The maximum absolute atomic E-state index is 9.88. The van der Waals surface area contributed by atoms with Gasteiger partial charge < -0.3 is 15.8 Å². The monoisotopic (exact) mass is 340 g/mol. The number of nitriles is 1. The van der Waals surface area contributed by atoms with Crippen LogP contribution in [0, 0.1) is 11.3 Å². The number of nitrogens with one attached hydrogen (secondary N) is 1. The highest BCUT2D eigenvalue weighted by Gasteiger charge is 2.32. The van der Waals surface area contributed by atoms with Gasteiger partial charge in [0.25, 0.3) is 0 Å². The summed E-state index contributed by atoms with van der Waals surface area (Å²) < 4.78 is 6.02. The Balaban J connectivity index is 1.87. The Hall–Kier alpha value is -3.78. The van der Waals surface area contributed by atoms with Gasteiger partial charge in [-0.1, -0.05) is 30.3 Å². The molecule has 1 aliphatic rings. The minimum Gasteiger partial charge on any atom is -0.440 e. The van der Waals surface area contributed by atoms with Crippen LogP contribution in [0.3, 0.4) is 0 Å². The lowest BCUT2D eigenvalue weighted by Gasteiger charge is -2.28. The van der Waals surface area contributed by atoms with Gasteiger partial charge in [0.2, 0.25) is 5.88 Å². The standard InChI is InChI=1S/C21H16N4O/c22-12-18-20(14-5-4-10-24-13-14)17-9-8-15(23)11-19(17)26-21(18)25-16-6-2-1-3-7-16/h1-11,13,20,25H,23H2/t20-/m1/s1. The molecule has 3 N–H and O–H groups in total. The number of nitrogen functional groups attached to an aromatic ring is 1. The van der Waals surface area contributed by atoms with Crippen LogP contribution in [0.25, 0.3) is 0 Å². The topological polar surface area (TPSA) is 84.0 Å². The largest absolute Gasteiger partial charge is 0.440 e. The number of nitrogens with two attached hydrogens (primary N) is 1. The summed E-state index contributed by atoms with van der Waals surface area (Å²) in [5.41, 5.74) is 9.69. The molecule has 2 aromatic carbocycles. The quantitative estimate of drug-likeness (QED) is 0.703. The maximum Gasteiger partial charge on any atom is 0.212 e. The highest BCUT2D eigenvalue weighted by atomic mass is 16.5. The smallest absolute Gasteiger partial charge is 0.212 e. The third-order valence-corrected chi connectivity index (χ3v) is 4.26. The molecule has 2 heterocycles. The van der Waals surface area contributed by atoms with Crippen molar-refractivity contribution < 1.29 is 4.74 Å². The lowest BCUT2D eigenvalue weighted by molar-refractivity contribution is 0.406. The van der Waals surface area contributed by atoms with Gasteiger partial charge in [-0.15, -0.1) is 0 Å². The molecule has 0 amide bonds. The molecule has 0 saturated carbocycles. The molecular formula is C21H16N4O. The first-order valence-corrected chi connectivity index (χ1v) is 8.20. The molecule has 0 spiro atoms. The second kappa shape index (κ2) is 6.61. The second-order valence-electron chi connectivity index (χ2n) is 5.96. The second-order valence-corrected chi connectivity index (χ2v) is 5.96. The molecule has 0 aliphatic carbocycles. The fourth-order valence-electron chi connectivity index (χ4n) is 3.08. The van der Waals surface area contributed by atoms with E-state index in [-0.39, 0.29) is 5.92 Å². The van der Waals surface area contributed by atoms with Crippen molar-refractivity contribution in [3.63, 3.8) is 0 Å². The van der Waals surface area contributed by atoms with Crippen LogP contribution < -0.4 is 15.8 Å². The lowest BCUT2D eigenvalue weighted by atomic mass is 9.84. The molecule has 0 fully saturated rings. The summed E-state index contributed by atoms with van der Waals surface area (Å²) in [6, 6.07) is 21.2. The van der Waals surface area contributed by atoms with Crippen molar-refractivity contribution in [3.8, 4) is 11.8 Å². The summed E-state index contributed by atoms with van der Waals surface area (Å²) in [6.07, 6.45) is 3.49. The van der Waals surface area contributed by atoms with Crippen molar-refractivity contribution >= 4 is 11.4 Å². The number of anilines is 2. The first-order valence-electron chi connectivity index (χ1n) is 8.20. The Morgan fingerprint density at radius 2 is 1.92 bits per heavy atom. The van der Waals surface area contributed by atoms with E-state index in [2.05, 4.69) is 16.4 Å². The van der Waals surface area contributed by atoms with E-state index in [4.69, 9.17) is 10.5 Å². The summed E-state index contributed by atoms with van der Waals surface area (Å²) >= 11 is 0. The summed E-state index contributed by atoms with van der Waals surface area (Å²) in [5, 5.41) is 13.1. The molecule has 5 heteroatoms. The SMILES string of the molecule is N#CC1=C(Nc2ccccc2)Oc2cc(N)ccc2[C@H]1c1cccnc1. The van der Waals surface area contributed by atoms with Crippen molar-refractivity contribution in [2.75, 3.05) is 11.1 Å². The Morgan fingerprint density at radius 1 is 1.08 bits per heavy atom. The minimum atomic E-state index is -0.274. The van der Waals surface area contributed by atoms with Crippen LogP contribution >= 0.6 is 0 Å². The number of aromatic nitrogens is 1. The van der Waals surface area contributed by atoms with E-state index in [1.165, 1.54) is 0 Å². The zero-order valence-electron chi connectivity index (χ0n) is 13.9. The van der Waals surface area contributed by atoms with Crippen molar-refractivity contribution in [1.82, 2.24) is 4.98 Å². The molecule has 0 unspecified atom stereocenters. The van der Waals surface area contributed by atoms with Crippen LogP contribution in [0.1, 0.15) is 17.0 Å². The number of rotatable bonds is 3. The van der Waals surface area contributed by atoms with Crippen LogP contribution in [-0.2, 0) is 0 Å². The summed E-state index contributed by atoms with van der Waals surface area (Å²) in [5.74, 6) is 0.770. The zero-order chi connectivity index (χ0) is 17.9. The van der Waals surface area contributed by atoms with Gasteiger partial charge in [0.15, 0.2) is 0 Å². The van der Waals surface area contributed by atoms with E-state index in [1.54, 1.807) is 18.5 Å². The molecule has 126 valence electrons. The highest BCUT2D eigenvalue weighted by Crippen LogP contribution is 2.43. The molecule has 3 aromatic rings. The third kappa shape index (κ3) is 2.85. The highest BCUT2D eigenvalue weighted by molar-refractivity contribution is 5.62. The molecule has 1 aromatic heterocycles. The van der Waals surface area contributed by atoms with Crippen LogP contribution in [-0.4, -0.2) is 4.98 Å². The Kier molecular flexibility index (Phi) is 4.00. The number of hydrogen-bond acceptors (Lipinski definition) is 5. The molecule has 0 radical (unpaired) electrons. The number of allylic oxidation sites excluding steroid dienone is 1. The third-order valence-electron chi connectivity index (χ3n) is 4.26. The van der Waals surface area contributed by atoms with Crippen molar-refractivity contribution in [3.05, 3.63) is 95.6 Å². The first-order chi connectivity index (χ1) is 12.8. The van der Waals surface area contributed by atoms with Gasteiger partial charge in [0, 0.05) is 35.4 Å². The van der Waals surface area contributed by atoms with E-state index in [1.807, 2.05) is 54.6 Å². The van der Waals surface area contributed by atoms with Gasteiger partial charge in [-0.25, -0.2) is 0 Å². The van der Waals surface area contributed by atoms with E-state index < -0.39 is 0 Å². The fraction of sp³-hybridized carbons (Fsp3) is 0.0476. The molecule has 0 bridgehead atoms. The van der Waals surface area contributed by atoms with Gasteiger partial charge in [0.1, 0.15) is 17.4 Å². The Bertz CT molecular complexity index is 1010. The molecular weight excluding hydrogens is 324 g/mol. The average molecular weight is 340 g/mol. The number of para-hydroxylation sites is 1. The van der Waals surface area contributed by atoms with Gasteiger partial charge in [0.05, 0.1) is 5.92 Å². The predicted octanol–water partition coefficient (Wildman–Crippen LogP) is 4.04. The van der Waals surface area contributed by atoms with Crippen LogP contribution in [0.5, 0.6) is 5.75 Å². The van der Waals surface area contributed by atoms with E-state index in [0.717, 1.165) is 16.8 Å². The average Bonchev–Trinajstić information content (AvgIpc) is 2.68. The molecule has 1 aliphatic heterocycles. The lowest BCUT2D eigenvalue weighted by Crippen LogP contribution is -2.21.